The minimum atomic E-state index is -0.961. The number of imide groups is 2. The van der Waals surface area contributed by atoms with Crippen molar-refractivity contribution in [2.75, 3.05) is 38.1 Å². The molecule has 0 unspecified atom stereocenters. The number of carbonyl (C=O) groups excluding carboxylic acids is 3. The Labute approximate surface area is 183 Å². The Hall–Kier alpha value is -4.41. The van der Waals surface area contributed by atoms with Crippen LogP contribution >= 0.6 is 0 Å². The summed E-state index contributed by atoms with van der Waals surface area (Å²) in [5.41, 5.74) is 0.0978. The molecule has 11 heteroatoms. The molecular weight excluding hydrogens is 420 g/mol. The lowest BCUT2D eigenvalue weighted by molar-refractivity contribution is -0.384. The molecule has 0 aromatic heterocycles. The van der Waals surface area contributed by atoms with E-state index >= 15 is 0 Å². The molecule has 32 heavy (non-hydrogen) atoms. The summed E-state index contributed by atoms with van der Waals surface area (Å²) in [6.07, 6.45) is 1.19. The van der Waals surface area contributed by atoms with Crippen LogP contribution in [0.1, 0.15) is 5.56 Å². The van der Waals surface area contributed by atoms with Crippen molar-refractivity contribution in [3.8, 4) is 11.5 Å². The molecule has 4 amide bonds. The average molecular weight is 440 g/mol. The van der Waals surface area contributed by atoms with Crippen molar-refractivity contribution in [2.24, 2.45) is 0 Å². The summed E-state index contributed by atoms with van der Waals surface area (Å²) in [5, 5.41) is 13.5. The van der Waals surface area contributed by atoms with Crippen LogP contribution in [0.5, 0.6) is 11.5 Å². The molecule has 3 rings (SSSR count). The van der Waals surface area contributed by atoms with Crippen LogP contribution in [-0.2, 0) is 9.59 Å². The second-order valence-electron chi connectivity index (χ2n) is 6.90. The molecular formula is C21H20N4O7. The van der Waals surface area contributed by atoms with E-state index in [2.05, 4.69) is 5.32 Å². The summed E-state index contributed by atoms with van der Waals surface area (Å²) in [7, 11) is 6.10. The van der Waals surface area contributed by atoms with Crippen molar-refractivity contribution >= 4 is 41.0 Å². The Morgan fingerprint density at radius 3 is 2.38 bits per heavy atom. The molecule has 0 spiro atoms. The maximum Gasteiger partial charge on any atom is 0.336 e. The molecule has 1 fully saturated rings. The third kappa shape index (κ3) is 4.08. The van der Waals surface area contributed by atoms with E-state index in [0.29, 0.717) is 11.4 Å². The summed E-state index contributed by atoms with van der Waals surface area (Å²) in [4.78, 5) is 51.3. The highest BCUT2D eigenvalue weighted by Crippen LogP contribution is 2.35. The van der Waals surface area contributed by atoms with Crippen LogP contribution in [0, 0.1) is 10.1 Å². The van der Waals surface area contributed by atoms with E-state index in [4.69, 9.17) is 9.47 Å². The number of rotatable bonds is 6. The summed E-state index contributed by atoms with van der Waals surface area (Å²) >= 11 is 0. The van der Waals surface area contributed by atoms with E-state index in [1.807, 2.05) is 0 Å². The van der Waals surface area contributed by atoms with Gasteiger partial charge in [-0.15, -0.1) is 0 Å². The van der Waals surface area contributed by atoms with Crippen LogP contribution < -0.4 is 24.6 Å². The molecule has 2 aromatic rings. The van der Waals surface area contributed by atoms with Gasteiger partial charge in [0, 0.05) is 26.2 Å². The number of ether oxygens (including phenoxy) is 2. The van der Waals surface area contributed by atoms with E-state index in [0.717, 1.165) is 4.90 Å². The Morgan fingerprint density at radius 1 is 1.06 bits per heavy atom. The molecule has 1 aliphatic heterocycles. The molecule has 11 nitrogen and oxygen atoms in total. The number of nitro groups is 1. The Bertz CT molecular complexity index is 1160. The number of amides is 4. The molecule has 1 saturated heterocycles. The minimum absolute atomic E-state index is 0.0710. The molecule has 0 atom stereocenters. The smallest absolute Gasteiger partial charge is 0.336 e. The van der Waals surface area contributed by atoms with Crippen molar-refractivity contribution in [3.63, 3.8) is 0 Å². The lowest BCUT2D eigenvalue weighted by Crippen LogP contribution is -2.54. The van der Waals surface area contributed by atoms with E-state index < -0.39 is 22.8 Å². The van der Waals surface area contributed by atoms with Crippen LogP contribution in [0.25, 0.3) is 6.08 Å². The molecule has 1 aliphatic rings. The van der Waals surface area contributed by atoms with Gasteiger partial charge in [-0.3, -0.25) is 25.0 Å². The first kappa shape index (κ1) is 22.3. The number of benzene rings is 2. The summed E-state index contributed by atoms with van der Waals surface area (Å²) in [5.74, 6) is -1.27. The van der Waals surface area contributed by atoms with Crippen molar-refractivity contribution < 1.29 is 28.8 Å². The van der Waals surface area contributed by atoms with Gasteiger partial charge in [0.25, 0.3) is 17.5 Å². The van der Waals surface area contributed by atoms with E-state index in [1.165, 1.54) is 50.6 Å². The number of hydrogen-bond acceptors (Lipinski definition) is 8. The predicted octanol–water partition coefficient (Wildman–Crippen LogP) is 2.34. The van der Waals surface area contributed by atoms with Crippen LogP contribution in [0.2, 0.25) is 0 Å². The highest BCUT2D eigenvalue weighted by molar-refractivity contribution is 6.39. The SMILES string of the molecule is COc1ccc(OC)c(N2C(=O)NC(=O)/C(=C\c3ccc(N(C)C)c([N+](=O)[O-])c3)C2=O)c1. The maximum absolute atomic E-state index is 13.2. The molecule has 1 heterocycles. The standard InChI is InChI=1S/C21H20N4O7/c1-23(2)15-7-5-12(10-16(15)25(29)30)9-14-19(26)22-21(28)24(20(14)27)17-11-13(31-3)6-8-18(17)32-4/h5-11H,1-4H3,(H,22,26,28)/b14-9+. The summed E-state index contributed by atoms with van der Waals surface area (Å²) in [6.45, 7) is 0. The first-order valence-electron chi connectivity index (χ1n) is 9.27. The zero-order valence-electron chi connectivity index (χ0n) is 17.7. The van der Waals surface area contributed by atoms with Gasteiger partial charge in [0.05, 0.1) is 24.8 Å². The summed E-state index contributed by atoms with van der Waals surface area (Å²) in [6, 6.07) is 7.83. The fourth-order valence-corrected chi connectivity index (χ4v) is 3.17. The number of anilines is 2. The zero-order chi connectivity index (χ0) is 23.6. The third-order valence-electron chi connectivity index (χ3n) is 4.72. The van der Waals surface area contributed by atoms with Gasteiger partial charge in [-0.1, -0.05) is 6.07 Å². The highest BCUT2D eigenvalue weighted by Gasteiger charge is 2.38. The Balaban J connectivity index is 2.09. The van der Waals surface area contributed by atoms with Gasteiger partial charge < -0.3 is 14.4 Å². The van der Waals surface area contributed by atoms with Gasteiger partial charge in [-0.2, -0.15) is 0 Å². The first-order chi connectivity index (χ1) is 15.2. The zero-order valence-corrected chi connectivity index (χ0v) is 17.7. The van der Waals surface area contributed by atoms with Crippen LogP contribution in [0.15, 0.2) is 42.0 Å². The number of urea groups is 1. The van der Waals surface area contributed by atoms with Crippen molar-refractivity contribution in [3.05, 3.63) is 57.6 Å². The van der Waals surface area contributed by atoms with Crippen LogP contribution in [0.4, 0.5) is 21.9 Å². The molecule has 0 bridgehead atoms. The third-order valence-corrected chi connectivity index (χ3v) is 4.72. The van der Waals surface area contributed by atoms with E-state index in [-0.39, 0.29) is 28.3 Å². The van der Waals surface area contributed by atoms with Gasteiger partial charge >= 0.3 is 6.03 Å². The van der Waals surface area contributed by atoms with E-state index in [1.54, 1.807) is 25.1 Å². The monoisotopic (exact) mass is 440 g/mol. The number of barbiturate groups is 1. The lowest BCUT2D eigenvalue weighted by Gasteiger charge is -2.27. The predicted molar refractivity (Wildman–Crippen MR) is 116 cm³/mol. The van der Waals surface area contributed by atoms with Crippen molar-refractivity contribution in [1.29, 1.82) is 0 Å². The minimum Gasteiger partial charge on any atom is -0.497 e. The van der Waals surface area contributed by atoms with Gasteiger partial charge in [-0.25, -0.2) is 9.69 Å². The second kappa shape index (κ2) is 8.76. The van der Waals surface area contributed by atoms with Crippen LogP contribution in [0.3, 0.4) is 0 Å². The normalized spacial score (nSPS) is 14.9. The molecule has 1 N–H and O–H groups in total. The quantitative estimate of drug-likeness (QED) is 0.313. The number of nitro benzene ring substituents is 1. The fraction of sp³-hybridized carbons (Fsp3) is 0.190. The fourth-order valence-electron chi connectivity index (χ4n) is 3.17. The maximum atomic E-state index is 13.2. The highest BCUT2D eigenvalue weighted by atomic mass is 16.6. The largest absolute Gasteiger partial charge is 0.497 e. The number of nitrogens with zero attached hydrogens (tertiary/aromatic N) is 3. The Morgan fingerprint density at radius 2 is 1.78 bits per heavy atom. The molecule has 0 saturated carbocycles. The van der Waals surface area contributed by atoms with Crippen LogP contribution in [-0.4, -0.2) is 51.1 Å². The number of carbonyl (C=O) groups is 3. The van der Waals surface area contributed by atoms with Crippen molar-refractivity contribution in [1.82, 2.24) is 5.32 Å². The number of nitrogens with one attached hydrogen (secondary N) is 1. The number of methoxy groups -OCH3 is 2. The topological polar surface area (TPSA) is 131 Å². The molecule has 0 aliphatic carbocycles. The number of hydrogen-bond donors (Lipinski definition) is 1. The van der Waals surface area contributed by atoms with Gasteiger partial charge in [0.1, 0.15) is 22.8 Å². The second-order valence-corrected chi connectivity index (χ2v) is 6.90. The molecule has 2 aromatic carbocycles. The van der Waals surface area contributed by atoms with E-state index in [9.17, 15) is 24.5 Å². The molecule has 0 radical (unpaired) electrons. The van der Waals surface area contributed by atoms with Gasteiger partial charge in [-0.05, 0) is 29.8 Å². The van der Waals surface area contributed by atoms with Gasteiger partial charge in [0.15, 0.2) is 0 Å². The average Bonchev–Trinajstić information content (AvgIpc) is 2.76. The molecule has 166 valence electrons. The van der Waals surface area contributed by atoms with Crippen molar-refractivity contribution in [2.45, 2.75) is 0 Å². The summed E-state index contributed by atoms with van der Waals surface area (Å²) < 4.78 is 10.4. The first-order valence-corrected chi connectivity index (χ1v) is 9.27. The van der Waals surface area contributed by atoms with Gasteiger partial charge in [0.2, 0.25) is 0 Å². The Kier molecular flexibility index (Phi) is 6.10. The lowest BCUT2D eigenvalue weighted by atomic mass is 10.1.